The summed E-state index contributed by atoms with van der Waals surface area (Å²) < 4.78 is 11.1. The second-order valence-electron chi connectivity index (χ2n) is 5.47. The number of nitrogens with zero attached hydrogens (tertiary/aromatic N) is 2. The number of furan rings is 1. The van der Waals surface area contributed by atoms with Crippen molar-refractivity contribution in [1.29, 1.82) is 0 Å². The third-order valence-corrected chi connectivity index (χ3v) is 3.46. The lowest BCUT2D eigenvalue weighted by Gasteiger charge is -2.14. The van der Waals surface area contributed by atoms with Gasteiger partial charge in [0.25, 0.3) is 5.91 Å². The first-order valence-electron chi connectivity index (χ1n) is 7.39. The Hall–Kier alpha value is -2.47. The summed E-state index contributed by atoms with van der Waals surface area (Å²) in [7, 11) is 3.75. The number of anilines is 1. The number of ether oxygens (including phenoxy) is 1. The lowest BCUT2D eigenvalue weighted by Crippen LogP contribution is -2.33. The standard InChI is InChI=1S/C17H20ClN3O3/c1-11-9-13(18)5-7-15(11)23-12(2)17(22)20-19-10-14-6-8-16(24-14)21(3)4/h5-10,12H,1-4H3,(H,20,22)/b19-10-/t12-/m0/s1. The van der Waals surface area contributed by atoms with Crippen molar-refractivity contribution in [3.05, 3.63) is 46.7 Å². The number of nitrogens with one attached hydrogen (secondary N) is 1. The maximum Gasteiger partial charge on any atom is 0.280 e. The van der Waals surface area contributed by atoms with E-state index in [9.17, 15) is 4.79 Å². The van der Waals surface area contributed by atoms with Crippen LogP contribution in [0.4, 0.5) is 5.88 Å². The van der Waals surface area contributed by atoms with Crippen LogP contribution in [-0.2, 0) is 4.79 Å². The number of aryl methyl sites for hydroxylation is 1. The molecule has 128 valence electrons. The van der Waals surface area contributed by atoms with Crippen LogP contribution in [0, 0.1) is 6.92 Å². The minimum absolute atomic E-state index is 0.361. The van der Waals surface area contributed by atoms with Gasteiger partial charge in [0, 0.05) is 25.2 Å². The number of halogens is 1. The molecule has 1 amide bonds. The Bertz CT molecular complexity index is 740. The van der Waals surface area contributed by atoms with Crippen molar-refractivity contribution in [1.82, 2.24) is 5.43 Å². The molecule has 0 aliphatic heterocycles. The summed E-state index contributed by atoms with van der Waals surface area (Å²) in [5, 5.41) is 4.50. The van der Waals surface area contributed by atoms with E-state index in [0.29, 0.717) is 22.4 Å². The molecule has 1 heterocycles. The van der Waals surface area contributed by atoms with E-state index in [-0.39, 0.29) is 5.91 Å². The van der Waals surface area contributed by atoms with Crippen molar-refractivity contribution in [2.75, 3.05) is 19.0 Å². The van der Waals surface area contributed by atoms with Gasteiger partial charge in [-0.2, -0.15) is 5.10 Å². The molecule has 7 heteroatoms. The van der Waals surface area contributed by atoms with Gasteiger partial charge in [-0.05, 0) is 43.7 Å². The first-order valence-corrected chi connectivity index (χ1v) is 7.77. The smallest absolute Gasteiger partial charge is 0.280 e. The van der Waals surface area contributed by atoms with E-state index in [2.05, 4.69) is 10.5 Å². The predicted octanol–water partition coefficient (Wildman–Crippen LogP) is 3.23. The van der Waals surface area contributed by atoms with Gasteiger partial charge in [-0.25, -0.2) is 5.43 Å². The molecule has 1 aromatic carbocycles. The van der Waals surface area contributed by atoms with Crippen LogP contribution < -0.4 is 15.1 Å². The highest BCUT2D eigenvalue weighted by atomic mass is 35.5. The summed E-state index contributed by atoms with van der Waals surface area (Å²) in [5.74, 6) is 1.49. The maximum absolute atomic E-state index is 12.0. The molecule has 0 unspecified atom stereocenters. The second kappa shape index (κ2) is 7.88. The predicted molar refractivity (Wildman–Crippen MR) is 95.1 cm³/mol. The number of hydrazone groups is 1. The molecule has 1 N–H and O–H groups in total. The van der Waals surface area contributed by atoms with Gasteiger partial charge in [-0.1, -0.05) is 11.6 Å². The van der Waals surface area contributed by atoms with Gasteiger partial charge in [-0.3, -0.25) is 4.79 Å². The minimum atomic E-state index is -0.698. The highest BCUT2D eigenvalue weighted by Crippen LogP contribution is 2.22. The Morgan fingerprint density at radius 2 is 2.12 bits per heavy atom. The summed E-state index contributed by atoms with van der Waals surface area (Å²) >= 11 is 5.90. The van der Waals surface area contributed by atoms with Crippen LogP contribution in [0.5, 0.6) is 5.75 Å². The van der Waals surface area contributed by atoms with Crippen LogP contribution >= 0.6 is 11.6 Å². The Morgan fingerprint density at radius 3 is 2.75 bits per heavy atom. The van der Waals surface area contributed by atoms with Crippen molar-refractivity contribution in [2.24, 2.45) is 5.10 Å². The van der Waals surface area contributed by atoms with E-state index in [1.165, 1.54) is 6.21 Å². The van der Waals surface area contributed by atoms with Gasteiger partial charge in [0.05, 0.1) is 6.21 Å². The highest BCUT2D eigenvalue weighted by Gasteiger charge is 2.15. The average molecular weight is 350 g/mol. The zero-order chi connectivity index (χ0) is 17.7. The SMILES string of the molecule is Cc1cc(Cl)ccc1O[C@@H](C)C(=O)N/N=C\c1ccc(N(C)C)o1. The number of hydrogen-bond acceptors (Lipinski definition) is 5. The van der Waals surface area contributed by atoms with Gasteiger partial charge in [0.15, 0.2) is 12.0 Å². The first kappa shape index (κ1) is 17.9. The summed E-state index contributed by atoms with van der Waals surface area (Å²) in [6, 6.07) is 8.81. The van der Waals surface area contributed by atoms with Crippen LogP contribution in [-0.4, -0.2) is 32.3 Å². The molecule has 6 nitrogen and oxygen atoms in total. The molecule has 0 saturated heterocycles. The van der Waals surface area contributed by atoms with E-state index in [0.717, 1.165) is 5.56 Å². The Morgan fingerprint density at radius 1 is 1.38 bits per heavy atom. The number of rotatable bonds is 6. The maximum atomic E-state index is 12.0. The molecule has 0 aliphatic rings. The fourth-order valence-corrected chi connectivity index (χ4v) is 2.12. The lowest BCUT2D eigenvalue weighted by molar-refractivity contribution is -0.127. The van der Waals surface area contributed by atoms with Crippen molar-refractivity contribution in [2.45, 2.75) is 20.0 Å². The van der Waals surface area contributed by atoms with Gasteiger partial charge in [0.2, 0.25) is 0 Å². The molecule has 0 radical (unpaired) electrons. The van der Waals surface area contributed by atoms with E-state index >= 15 is 0 Å². The van der Waals surface area contributed by atoms with Gasteiger partial charge >= 0.3 is 0 Å². The largest absolute Gasteiger partial charge is 0.481 e. The molecule has 24 heavy (non-hydrogen) atoms. The van der Waals surface area contributed by atoms with E-state index in [1.807, 2.05) is 32.0 Å². The van der Waals surface area contributed by atoms with E-state index < -0.39 is 6.10 Å². The number of amides is 1. The Balaban J connectivity index is 1.90. The Kier molecular flexibility index (Phi) is 5.87. The number of benzene rings is 1. The zero-order valence-electron chi connectivity index (χ0n) is 14.0. The van der Waals surface area contributed by atoms with Crippen molar-refractivity contribution < 1.29 is 13.9 Å². The van der Waals surface area contributed by atoms with Crippen LogP contribution in [0.1, 0.15) is 18.2 Å². The van der Waals surface area contributed by atoms with Gasteiger partial charge in [0.1, 0.15) is 11.5 Å². The summed E-state index contributed by atoms with van der Waals surface area (Å²) in [4.78, 5) is 13.8. The fourth-order valence-electron chi connectivity index (χ4n) is 1.89. The van der Waals surface area contributed by atoms with Gasteiger partial charge in [-0.15, -0.1) is 0 Å². The topological polar surface area (TPSA) is 67.1 Å². The first-order chi connectivity index (χ1) is 11.4. The zero-order valence-corrected chi connectivity index (χ0v) is 14.8. The molecule has 1 aromatic heterocycles. The molecular formula is C17H20ClN3O3. The second-order valence-corrected chi connectivity index (χ2v) is 5.91. The lowest BCUT2D eigenvalue weighted by atomic mass is 10.2. The summed E-state index contributed by atoms with van der Waals surface area (Å²) in [5.41, 5.74) is 3.29. The minimum Gasteiger partial charge on any atom is -0.481 e. The monoisotopic (exact) mass is 349 g/mol. The third-order valence-electron chi connectivity index (χ3n) is 3.23. The molecule has 2 rings (SSSR count). The fraction of sp³-hybridized carbons (Fsp3) is 0.294. The van der Waals surface area contributed by atoms with Crippen LogP contribution in [0.2, 0.25) is 5.02 Å². The van der Waals surface area contributed by atoms with Crippen LogP contribution in [0.3, 0.4) is 0 Å². The normalized spacial score (nSPS) is 12.2. The molecule has 0 bridgehead atoms. The molecular weight excluding hydrogens is 330 g/mol. The van der Waals surface area contributed by atoms with Gasteiger partial charge < -0.3 is 14.1 Å². The average Bonchev–Trinajstić information content (AvgIpc) is 2.99. The van der Waals surface area contributed by atoms with Crippen molar-refractivity contribution in [3.63, 3.8) is 0 Å². The molecule has 2 aromatic rings. The van der Waals surface area contributed by atoms with Crippen LogP contribution in [0.15, 0.2) is 39.9 Å². The third kappa shape index (κ3) is 4.76. The van der Waals surface area contributed by atoms with Crippen molar-refractivity contribution >= 4 is 29.6 Å². The molecule has 0 saturated carbocycles. The molecule has 0 fully saturated rings. The van der Waals surface area contributed by atoms with Crippen LogP contribution in [0.25, 0.3) is 0 Å². The quantitative estimate of drug-likeness (QED) is 0.642. The van der Waals surface area contributed by atoms with E-state index in [4.69, 9.17) is 20.8 Å². The summed E-state index contributed by atoms with van der Waals surface area (Å²) in [6.07, 6.45) is 0.737. The number of hydrogen-bond donors (Lipinski definition) is 1. The molecule has 1 atom stereocenters. The molecule has 0 aliphatic carbocycles. The Labute approximate surface area is 146 Å². The molecule has 0 spiro atoms. The van der Waals surface area contributed by atoms with E-state index in [1.54, 1.807) is 31.2 Å². The highest BCUT2D eigenvalue weighted by molar-refractivity contribution is 6.30. The van der Waals surface area contributed by atoms with Crippen molar-refractivity contribution in [3.8, 4) is 5.75 Å². The summed E-state index contributed by atoms with van der Waals surface area (Å²) in [6.45, 7) is 3.51. The number of carbonyl (C=O) groups is 1. The number of carbonyl (C=O) groups excluding carboxylic acids is 1.